The Morgan fingerprint density at radius 2 is 1.88 bits per heavy atom. The molecule has 1 rings (SSSR count). The lowest BCUT2D eigenvalue weighted by molar-refractivity contribution is 0.108. The molecule has 0 aliphatic rings. The molecule has 6 heteroatoms. The minimum absolute atomic E-state index is 0.315. The average molecular weight is 260 g/mol. The van der Waals surface area contributed by atoms with Gasteiger partial charge in [0.05, 0.1) is 0 Å². The fourth-order valence-electron chi connectivity index (χ4n) is 1.05. The SMILES string of the molecule is CC=CS(=O)(=O)Nc1ccc(C(=O)Cl)cc1. The van der Waals surface area contributed by atoms with E-state index in [1.165, 1.54) is 30.3 Å². The van der Waals surface area contributed by atoms with Crippen molar-refractivity contribution in [2.24, 2.45) is 0 Å². The van der Waals surface area contributed by atoms with Gasteiger partial charge in [-0.15, -0.1) is 0 Å². The molecular weight excluding hydrogens is 250 g/mol. The molecule has 1 aromatic carbocycles. The first-order valence-corrected chi connectivity index (χ1v) is 6.32. The van der Waals surface area contributed by atoms with Gasteiger partial charge < -0.3 is 0 Å². The third-order valence-corrected chi connectivity index (χ3v) is 3.06. The smallest absolute Gasteiger partial charge is 0.254 e. The lowest BCUT2D eigenvalue weighted by Gasteiger charge is -2.04. The molecule has 4 nitrogen and oxygen atoms in total. The molecule has 0 unspecified atom stereocenters. The van der Waals surface area contributed by atoms with Crippen LogP contribution in [0.1, 0.15) is 17.3 Å². The molecule has 0 radical (unpaired) electrons. The number of carbonyl (C=O) groups excluding carboxylic acids is 1. The summed E-state index contributed by atoms with van der Waals surface area (Å²) >= 11 is 5.25. The largest absolute Gasteiger partial charge is 0.280 e. The summed E-state index contributed by atoms with van der Waals surface area (Å²) in [6, 6.07) is 5.83. The van der Waals surface area contributed by atoms with Crippen molar-refractivity contribution in [3.63, 3.8) is 0 Å². The monoisotopic (exact) mass is 259 g/mol. The fraction of sp³-hybridized carbons (Fsp3) is 0.100. The highest BCUT2D eigenvalue weighted by Gasteiger charge is 2.06. The lowest BCUT2D eigenvalue weighted by Crippen LogP contribution is -2.08. The zero-order chi connectivity index (χ0) is 12.2. The van der Waals surface area contributed by atoms with Crippen LogP contribution < -0.4 is 4.72 Å². The molecule has 0 heterocycles. The van der Waals surface area contributed by atoms with Gasteiger partial charge in [0.25, 0.3) is 15.3 Å². The van der Waals surface area contributed by atoms with Gasteiger partial charge in [-0.3, -0.25) is 9.52 Å². The van der Waals surface area contributed by atoms with Crippen molar-refractivity contribution in [1.82, 2.24) is 0 Å². The number of benzene rings is 1. The first-order valence-electron chi connectivity index (χ1n) is 4.40. The topological polar surface area (TPSA) is 63.2 Å². The second kappa shape index (κ2) is 5.14. The van der Waals surface area contributed by atoms with Gasteiger partial charge in [0.15, 0.2) is 0 Å². The standard InChI is InChI=1S/C10H10ClNO3S/c1-2-7-16(14,15)12-9-5-3-8(4-6-9)10(11)13/h2-7,12H,1H3. The predicted molar refractivity (Wildman–Crippen MR) is 64.0 cm³/mol. The number of nitrogens with one attached hydrogen (secondary N) is 1. The van der Waals surface area contributed by atoms with Crippen LogP contribution in [0.15, 0.2) is 35.7 Å². The fourth-order valence-corrected chi connectivity index (χ4v) is 2.06. The summed E-state index contributed by atoms with van der Waals surface area (Å²) in [5.41, 5.74) is 0.690. The molecule has 0 spiro atoms. The highest BCUT2D eigenvalue weighted by atomic mass is 35.5. The molecule has 1 N–H and O–H groups in total. The van der Waals surface area contributed by atoms with Gasteiger partial charge in [0.2, 0.25) is 0 Å². The Kier molecular flexibility index (Phi) is 4.09. The number of hydrogen-bond acceptors (Lipinski definition) is 3. The van der Waals surface area contributed by atoms with E-state index < -0.39 is 15.3 Å². The van der Waals surface area contributed by atoms with E-state index in [1.807, 2.05) is 0 Å². The second-order valence-corrected chi connectivity index (χ2v) is 4.88. The van der Waals surface area contributed by atoms with Crippen molar-refractivity contribution in [3.05, 3.63) is 41.3 Å². The Morgan fingerprint density at radius 3 is 2.31 bits per heavy atom. The van der Waals surface area contributed by atoms with Crippen molar-refractivity contribution in [2.45, 2.75) is 6.92 Å². The van der Waals surface area contributed by atoms with Gasteiger partial charge in [0, 0.05) is 16.7 Å². The number of carbonyl (C=O) groups is 1. The predicted octanol–water partition coefficient (Wildman–Crippen LogP) is 2.34. The van der Waals surface area contributed by atoms with Crippen LogP contribution in [0.4, 0.5) is 5.69 Å². The summed E-state index contributed by atoms with van der Waals surface area (Å²) in [7, 11) is -3.47. The van der Waals surface area contributed by atoms with E-state index in [9.17, 15) is 13.2 Å². The Balaban J connectivity index is 2.88. The van der Waals surface area contributed by atoms with E-state index in [4.69, 9.17) is 11.6 Å². The average Bonchev–Trinajstić information content (AvgIpc) is 2.17. The maximum Gasteiger partial charge on any atom is 0.254 e. The van der Waals surface area contributed by atoms with Gasteiger partial charge in [-0.05, 0) is 42.8 Å². The Hall–Kier alpha value is -1.33. The number of rotatable bonds is 4. The van der Waals surface area contributed by atoms with Gasteiger partial charge >= 0.3 is 0 Å². The van der Waals surface area contributed by atoms with E-state index in [0.29, 0.717) is 11.3 Å². The van der Waals surface area contributed by atoms with Crippen molar-refractivity contribution in [1.29, 1.82) is 0 Å². The van der Waals surface area contributed by atoms with Crippen molar-refractivity contribution >= 4 is 32.6 Å². The van der Waals surface area contributed by atoms with Crippen molar-refractivity contribution < 1.29 is 13.2 Å². The molecule has 0 saturated heterocycles. The van der Waals surface area contributed by atoms with Crippen molar-refractivity contribution in [2.75, 3.05) is 4.72 Å². The van der Waals surface area contributed by atoms with Gasteiger partial charge in [-0.25, -0.2) is 8.42 Å². The highest BCUT2D eigenvalue weighted by molar-refractivity contribution is 7.95. The minimum Gasteiger partial charge on any atom is -0.280 e. The third kappa shape index (κ3) is 3.67. The van der Waals surface area contributed by atoms with Gasteiger partial charge in [-0.2, -0.15) is 0 Å². The van der Waals surface area contributed by atoms with E-state index in [-0.39, 0.29) is 0 Å². The minimum atomic E-state index is -3.47. The number of hydrogen-bond donors (Lipinski definition) is 1. The van der Waals surface area contributed by atoms with Gasteiger partial charge in [-0.1, -0.05) is 6.08 Å². The molecular formula is C10H10ClNO3S. The Morgan fingerprint density at radius 1 is 1.31 bits per heavy atom. The Bertz CT molecular complexity index is 505. The quantitative estimate of drug-likeness (QED) is 0.844. The number of allylic oxidation sites excluding steroid dienone is 1. The summed E-state index contributed by atoms with van der Waals surface area (Å²) in [5, 5.41) is 0.469. The first-order chi connectivity index (χ1) is 7.44. The summed E-state index contributed by atoms with van der Waals surface area (Å²) < 4.78 is 25.0. The maximum absolute atomic E-state index is 11.3. The molecule has 0 aromatic heterocycles. The maximum atomic E-state index is 11.3. The first kappa shape index (κ1) is 12.7. The third-order valence-electron chi connectivity index (χ3n) is 1.69. The number of anilines is 1. The summed E-state index contributed by atoms with van der Waals surface area (Å²) in [4.78, 5) is 10.8. The van der Waals surface area contributed by atoms with Crippen LogP contribution >= 0.6 is 11.6 Å². The van der Waals surface area contributed by atoms with E-state index in [1.54, 1.807) is 6.92 Å². The number of halogens is 1. The normalized spacial score (nSPS) is 11.6. The van der Waals surface area contributed by atoms with Crippen LogP contribution in [0.5, 0.6) is 0 Å². The molecule has 86 valence electrons. The van der Waals surface area contributed by atoms with E-state index in [2.05, 4.69) is 4.72 Å². The van der Waals surface area contributed by atoms with Crippen LogP contribution in [0.25, 0.3) is 0 Å². The van der Waals surface area contributed by atoms with Gasteiger partial charge in [0.1, 0.15) is 0 Å². The summed E-state index contributed by atoms with van der Waals surface area (Å²) in [6.07, 6.45) is 1.42. The molecule has 0 bridgehead atoms. The van der Waals surface area contributed by atoms with Crippen LogP contribution in [0, 0.1) is 0 Å². The zero-order valence-electron chi connectivity index (χ0n) is 8.48. The molecule has 0 atom stereocenters. The molecule has 0 aliphatic heterocycles. The van der Waals surface area contributed by atoms with Crippen molar-refractivity contribution in [3.8, 4) is 0 Å². The molecule has 1 aromatic rings. The second-order valence-electron chi connectivity index (χ2n) is 2.97. The van der Waals surface area contributed by atoms with Crippen LogP contribution in [-0.4, -0.2) is 13.7 Å². The molecule has 0 amide bonds. The molecule has 0 saturated carbocycles. The molecule has 16 heavy (non-hydrogen) atoms. The van der Waals surface area contributed by atoms with Crippen LogP contribution in [0.3, 0.4) is 0 Å². The lowest BCUT2D eigenvalue weighted by atomic mass is 10.2. The highest BCUT2D eigenvalue weighted by Crippen LogP contribution is 2.13. The number of sulfonamides is 1. The molecule has 0 aliphatic carbocycles. The summed E-state index contributed by atoms with van der Waals surface area (Å²) in [5.74, 6) is 0. The van der Waals surface area contributed by atoms with Crippen LogP contribution in [-0.2, 0) is 10.0 Å². The summed E-state index contributed by atoms with van der Waals surface area (Å²) in [6.45, 7) is 1.61. The van der Waals surface area contributed by atoms with Crippen LogP contribution in [0.2, 0.25) is 0 Å². The zero-order valence-corrected chi connectivity index (χ0v) is 10.0. The van der Waals surface area contributed by atoms with E-state index >= 15 is 0 Å². The van der Waals surface area contributed by atoms with E-state index in [0.717, 1.165) is 5.41 Å². The Labute approximate surface area is 99.0 Å². The molecule has 0 fully saturated rings.